The smallest absolute Gasteiger partial charge is 0.243 e. The van der Waals surface area contributed by atoms with Gasteiger partial charge in [0.2, 0.25) is 5.91 Å². The van der Waals surface area contributed by atoms with Crippen molar-refractivity contribution in [3.05, 3.63) is 0 Å². The largest absolute Gasteiger partial charge is 0.368 e. The number of ether oxygens (including phenoxy) is 1. The van der Waals surface area contributed by atoms with Gasteiger partial charge in [-0.25, -0.2) is 0 Å². The fourth-order valence-electron chi connectivity index (χ4n) is 1.26. The third-order valence-electron chi connectivity index (χ3n) is 1.76. The van der Waals surface area contributed by atoms with Crippen LogP contribution in [0.5, 0.6) is 0 Å². The Bertz CT molecular complexity index is 119. The van der Waals surface area contributed by atoms with Crippen molar-refractivity contribution in [1.82, 2.24) is 0 Å². The highest BCUT2D eigenvalue weighted by atomic mass is 16.5. The Balaban J connectivity index is 2.07. The maximum atomic E-state index is 10.3. The molecular weight excluding hydrogens is 130 g/mol. The van der Waals surface area contributed by atoms with Gasteiger partial charge in [-0.2, -0.15) is 0 Å². The summed E-state index contributed by atoms with van der Waals surface area (Å²) >= 11 is 0. The Kier molecular flexibility index (Phi) is 2.68. The first kappa shape index (κ1) is 7.54. The molecule has 1 amide bonds. The monoisotopic (exact) mass is 143 g/mol. The fourth-order valence-corrected chi connectivity index (χ4v) is 1.26. The zero-order chi connectivity index (χ0) is 7.40. The average molecular weight is 143 g/mol. The summed E-state index contributed by atoms with van der Waals surface area (Å²) in [5, 5.41) is 0. The molecule has 2 N–H and O–H groups in total. The van der Waals surface area contributed by atoms with Crippen LogP contribution in [0, 0.1) is 0 Å². The van der Waals surface area contributed by atoms with Crippen LogP contribution in [0.4, 0.5) is 0 Å². The summed E-state index contributed by atoms with van der Waals surface area (Å²) in [6, 6.07) is 0. The fraction of sp³-hybridized carbons (Fsp3) is 0.857. The number of primary amides is 1. The third-order valence-corrected chi connectivity index (χ3v) is 1.76. The lowest BCUT2D eigenvalue weighted by atomic mass is 10.3. The van der Waals surface area contributed by atoms with Crippen LogP contribution in [-0.4, -0.2) is 18.6 Å². The molecule has 1 aliphatic carbocycles. The minimum atomic E-state index is -0.369. The molecule has 0 aromatic carbocycles. The molecule has 1 aliphatic rings. The number of amides is 1. The van der Waals surface area contributed by atoms with E-state index in [1.807, 2.05) is 0 Å². The second-order valence-electron chi connectivity index (χ2n) is 2.68. The molecule has 0 aliphatic heterocycles. The van der Waals surface area contributed by atoms with Crippen molar-refractivity contribution in [1.29, 1.82) is 0 Å². The summed E-state index contributed by atoms with van der Waals surface area (Å²) < 4.78 is 5.19. The normalized spacial score (nSPS) is 19.6. The van der Waals surface area contributed by atoms with Gasteiger partial charge in [-0.15, -0.1) is 0 Å². The molecule has 3 nitrogen and oxygen atoms in total. The van der Waals surface area contributed by atoms with Crippen LogP contribution in [0.15, 0.2) is 0 Å². The predicted octanol–water partition coefficient (Wildman–Crippen LogP) is 0.431. The molecule has 1 saturated carbocycles. The maximum absolute atomic E-state index is 10.3. The highest BCUT2D eigenvalue weighted by Crippen LogP contribution is 2.20. The van der Waals surface area contributed by atoms with E-state index in [0.29, 0.717) is 6.10 Å². The second-order valence-corrected chi connectivity index (χ2v) is 2.68. The van der Waals surface area contributed by atoms with E-state index in [-0.39, 0.29) is 12.5 Å². The molecule has 0 aromatic heterocycles. The molecule has 0 bridgehead atoms. The van der Waals surface area contributed by atoms with Crippen LogP contribution < -0.4 is 5.73 Å². The highest BCUT2D eigenvalue weighted by Gasteiger charge is 2.15. The first-order valence-corrected chi connectivity index (χ1v) is 3.69. The molecule has 0 radical (unpaired) electrons. The molecule has 0 spiro atoms. The summed E-state index contributed by atoms with van der Waals surface area (Å²) in [5.74, 6) is -0.369. The number of rotatable bonds is 3. The van der Waals surface area contributed by atoms with E-state index in [9.17, 15) is 4.79 Å². The van der Waals surface area contributed by atoms with E-state index in [2.05, 4.69) is 0 Å². The van der Waals surface area contributed by atoms with Gasteiger partial charge in [0.25, 0.3) is 0 Å². The van der Waals surface area contributed by atoms with E-state index >= 15 is 0 Å². The van der Waals surface area contributed by atoms with Crippen molar-refractivity contribution < 1.29 is 9.53 Å². The zero-order valence-electron chi connectivity index (χ0n) is 6.01. The first-order chi connectivity index (χ1) is 4.79. The van der Waals surface area contributed by atoms with Crippen molar-refractivity contribution in [2.24, 2.45) is 5.73 Å². The molecule has 0 unspecified atom stereocenters. The summed E-state index contributed by atoms with van der Waals surface area (Å²) in [6.45, 7) is 0.0880. The van der Waals surface area contributed by atoms with Crippen LogP contribution >= 0.6 is 0 Å². The molecule has 10 heavy (non-hydrogen) atoms. The molecule has 0 heterocycles. The summed E-state index contributed by atoms with van der Waals surface area (Å²) in [7, 11) is 0. The maximum Gasteiger partial charge on any atom is 0.243 e. The van der Waals surface area contributed by atoms with Gasteiger partial charge in [-0.05, 0) is 12.8 Å². The first-order valence-electron chi connectivity index (χ1n) is 3.69. The van der Waals surface area contributed by atoms with Crippen LogP contribution in [0.3, 0.4) is 0 Å². The Morgan fingerprint density at radius 1 is 1.50 bits per heavy atom. The zero-order valence-corrected chi connectivity index (χ0v) is 6.01. The van der Waals surface area contributed by atoms with E-state index in [4.69, 9.17) is 10.5 Å². The van der Waals surface area contributed by atoms with Gasteiger partial charge < -0.3 is 10.5 Å². The summed E-state index contributed by atoms with van der Waals surface area (Å²) in [5.41, 5.74) is 4.91. The van der Waals surface area contributed by atoms with E-state index in [1.54, 1.807) is 0 Å². The Hall–Kier alpha value is -0.570. The number of hydrogen-bond acceptors (Lipinski definition) is 2. The number of nitrogens with two attached hydrogens (primary N) is 1. The van der Waals surface area contributed by atoms with Crippen molar-refractivity contribution in [3.8, 4) is 0 Å². The van der Waals surface area contributed by atoms with Crippen LogP contribution in [-0.2, 0) is 9.53 Å². The lowest BCUT2D eigenvalue weighted by Gasteiger charge is -2.07. The summed E-state index contributed by atoms with van der Waals surface area (Å²) in [4.78, 5) is 10.3. The van der Waals surface area contributed by atoms with Crippen LogP contribution in [0.1, 0.15) is 25.7 Å². The molecule has 0 atom stereocenters. The van der Waals surface area contributed by atoms with Gasteiger partial charge in [-0.3, -0.25) is 4.79 Å². The van der Waals surface area contributed by atoms with Crippen molar-refractivity contribution in [2.45, 2.75) is 31.8 Å². The van der Waals surface area contributed by atoms with E-state index in [0.717, 1.165) is 12.8 Å². The van der Waals surface area contributed by atoms with E-state index in [1.165, 1.54) is 12.8 Å². The topological polar surface area (TPSA) is 52.3 Å². The molecule has 1 rings (SSSR count). The van der Waals surface area contributed by atoms with Crippen LogP contribution in [0.25, 0.3) is 0 Å². The quantitative estimate of drug-likeness (QED) is 0.623. The molecule has 0 aromatic rings. The van der Waals surface area contributed by atoms with Gasteiger partial charge in [0.1, 0.15) is 6.61 Å². The summed E-state index contributed by atoms with van der Waals surface area (Å²) in [6.07, 6.45) is 4.93. The lowest BCUT2D eigenvalue weighted by molar-refractivity contribution is -0.124. The van der Waals surface area contributed by atoms with Crippen molar-refractivity contribution in [2.75, 3.05) is 6.61 Å². The number of carbonyl (C=O) groups excluding carboxylic acids is 1. The SMILES string of the molecule is NC(=O)COC1CCCC1. The van der Waals surface area contributed by atoms with Gasteiger partial charge in [0.15, 0.2) is 0 Å². The minimum Gasteiger partial charge on any atom is -0.368 e. The Morgan fingerprint density at radius 2 is 2.10 bits per heavy atom. The Labute approximate surface area is 60.5 Å². The van der Waals surface area contributed by atoms with Gasteiger partial charge in [0, 0.05) is 0 Å². The van der Waals surface area contributed by atoms with Crippen molar-refractivity contribution in [3.63, 3.8) is 0 Å². The second kappa shape index (κ2) is 3.56. The molecule has 1 fully saturated rings. The highest BCUT2D eigenvalue weighted by molar-refractivity contribution is 5.74. The lowest BCUT2D eigenvalue weighted by Crippen LogP contribution is -2.21. The third kappa shape index (κ3) is 2.35. The van der Waals surface area contributed by atoms with Crippen molar-refractivity contribution >= 4 is 5.91 Å². The molecule has 58 valence electrons. The number of carbonyl (C=O) groups is 1. The molecule has 3 heteroatoms. The Morgan fingerprint density at radius 3 is 2.60 bits per heavy atom. The predicted molar refractivity (Wildman–Crippen MR) is 37.4 cm³/mol. The van der Waals surface area contributed by atoms with Crippen LogP contribution in [0.2, 0.25) is 0 Å². The van der Waals surface area contributed by atoms with Gasteiger partial charge in [0.05, 0.1) is 6.10 Å². The molecular formula is C7H13NO2. The standard InChI is InChI=1S/C7H13NO2/c8-7(9)5-10-6-3-1-2-4-6/h6H,1-5H2,(H2,8,9). The average Bonchev–Trinajstić information content (AvgIpc) is 2.34. The number of hydrogen-bond donors (Lipinski definition) is 1. The minimum absolute atomic E-state index is 0.0880. The van der Waals surface area contributed by atoms with Gasteiger partial charge in [-0.1, -0.05) is 12.8 Å². The van der Waals surface area contributed by atoms with E-state index < -0.39 is 0 Å². The molecule has 0 saturated heterocycles. The van der Waals surface area contributed by atoms with Gasteiger partial charge >= 0.3 is 0 Å².